The average molecular weight is 412 g/mol. The van der Waals surface area contributed by atoms with Crippen LogP contribution in [0.4, 0.5) is 5.69 Å². The van der Waals surface area contributed by atoms with Gasteiger partial charge in [0.25, 0.3) is 5.91 Å². The van der Waals surface area contributed by atoms with Crippen molar-refractivity contribution in [1.82, 2.24) is 9.97 Å². The van der Waals surface area contributed by atoms with E-state index in [1.165, 1.54) is 17.3 Å². The van der Waals surface area contributed by atoms with E-state index < -0.39 is 0 Å². The highest BCUT2D eigenvalue weighted by atomic mass is 32.2. The van der Waals surface area contributed by atoms with Gasteiger partial charge in [0.15, 0.2) is 5.16 Å². The third kappa shape index (κ3) is 4.93. The lowest BCUT2D eigenvalue weighted by Gasteiger charge is -2.13. The summed E-state index contributed by atoms with van der Waals surface area (Å²) >= 11 is 1.49. The third-order valence-electron chi connectivity index (χ3n) is 4.70. The number of benzene rings is 3. The Balaban J connectivity index is 1.50. The summed E-state index contributed by atoms with van der Waals surface area (Å²) in [5, 5.41) is 3.76. The zero-order valence-corrected chi connectivity index (χ0v) is 17.4. The number of carbonyl (C=O) groups is 1. The Morgan fingerprint density at radius 1 is 0.900 bits per heavy atom. The number of rotatable bonds is 6. The van der Waals surface area contributed by atoms with E-state index in [-0.39, 0.29) is 5.91 Å². The molecule has 1 N–H and O–H groups in total. The zero-order valence-electron chi connectivity index (χ0n) is 16.6. The van der Waals surface area contributed by atoms with Crippen molar-refractivity contribution >= 4 is 23.4 Å². The molecule has 0 atom stereocenters. The summed E-state index contributed by atoms with van der Waals surface area (Å²) in [4.78, 5) is 22.5. The highest BCUT2D eigenvalue weighted by Crippen LogP contribution is 2.28. The van der Waals surface area contributed by atoms with Crippen LogP contribution in [0, 0.1) is 6.92 Å². The first-order valence-electron chi connectivity index (χ1n) is 9.68. The van der Waals surface area contributed by atoms with Gasteiger partial charge in [-0.25, -0.2) is 9.97 Å². The van der Waals surface area contributed by atoms with Crippen molar-refractivity contribution in [1.29, 1.82) is 0 Å². The van der Waals surface area contributed by atoms with Gasteiger partial charge in [-0.3, -0.25) is 4.79 Å². The van der Waals surface area contributed by atoms with Crippen molar-refractivity contribution in [2.24, 2.45) is 0 Å². The van der Waals surface area contributed by atoms with Crippen molar-refractivity contribution in [2.45, 2.75) is 23.4 Å². The van der Waals surface area contributed by atoms with E-state index in [1.807, 2.05) is 67.6 Å². The van der Waals surface area contributed by atoms with Gasteiger partial charge in [0.05, 0.1) is 0 Å². The number of carbonyl (C=O) groups excluding carboxylic acids is 1. The third-order valence-corrected chi connectivity index (χ3v) is 5.58. The smallest absolute Gasteiger partial charge is 0.255 e. The van der Waals surface area contributed by atoms with Crippen molar-refractivity contribution < 1.29 is 4.79 Å². The maximum atomic E-state index is 13.0. The first kappa shape index (κ1) is 19.9. The molecule has 0 saturated carbocycles. The molecule has 0 aliphatic rings. The van der Waals surface area contributed by atoms with Gasteiger partial charge in [-0.1, -0.05) is 48.5 Å². The van der Waals surface area contributed by atoms with E-state index in [0.717, 1.165) is 28.1 Å². The molecule has 0 aliphatic carbocycles. The largest absolute Gasteiger partial charge is 0.322 e. The predicted molar refractivity (Wildman–Crippen MR) is 121 cm³/mol. The Hall–Kier alpha value is -3.44. The molecule has 3 aromatic carbocycles. The van der Waals surface area contributed by atoms with Crippen LogP contribution in [0.15, 0.2) is 101 Å². The standard InChI is InChI=1S/C25H21N3OS/c1-18-16-21(30-25-26-14-7-15-27-25)12-13-23(18)28-24(29)22-11-6-5-10-20(22)17-19-8-3-2-4-9-19/h2-16H,17H2,1H3,(H,28,29). The topological polar surface area (TPSA) is 54.9 Å². The molecule has 4 nitrogen and oxygen atoms in total. The average Bonchev–Trinajstić information content (AvgIpc) is 2.77. The van der Waals surface area contributed by atoms with E-state index in [9.17, 15) is 4.79 Å². The second-order valence-corrected chi connectivity index (χ2v) is 7.92. The van der Waals surface area contributed by atoms with Gasteiger partial charge in [0.2, 0.25) is 0 Å². The fourth-order valence-corrected chi connectivity index (χ4v) is 3.99. The van der Waals surface area contributed by atoms with E-state index in [4.69, 9.17) is 0 Å². The number of aromatic nitrogens is 2. The first-order chi connectivity index (χ1) is 14.7. The molecule has 1 amide bonds. The van der Waals surface area contributed by atoms with Gasteiger partial charge in [-0.2, -0.15) is 0 Å². The summed E-state index contributed by atoms with van der Waals surface area (Å²) in [6.07, 6.45) is 4.17. The first-order valence-corrected chi connectivity index (χ1v) is 10.5. The lowest BCUT2D eigenvalue weighted by Crippen LogP contribution is -2.15. The second kappa shape index (κ2) is 9.37. The van der Waals surface area contributed by atoms with E-state index in [0.29, 0.717) is 10.7 Å². The molecule has 1 aromatic heterocycles. The molecule has 4 rings (SSSR count). The molecule has 0 aliphatic heterocycles. The molecule has 30 heavy (non-hydrogen) atoms. The minimum Gasteiger partial charge on any atom is -0.322 e. The molecule has 0 unspecified atom stereocenters. The molecule has 0 saturated heterocycles. The molecule has 1 heterocycles. The minimum absolute atomic E-state index is 0.101. The summed E-state index contributed by atoms with van der Waals surface area (Å²) in [7, 11) is 0. The van der Waals surface area contributed by atoms with Gasteiger partial charge >= 0.3 is 0 Å². The van der Waals surface area contributed by atoms with Crippen LogP contribution in [-0.4, -0.2) is 15.9 Å². The fourth-order valence-electron chi connectivity index (χ4n) is 3.18. The molecule has 0 spiro atoms. The quantitative estimate of drug-likeness (QED) is 0.409. The second-order valence-electron chi connectivity index (χ2n) is 6.88. The van der Waals surface area contributed by atoms with Crippen LogP contribution < -0.4 is 5.32 Å². The number of hydrogen-bond acceptors (Lipinski definition) is 4. The minimum atomic E-state index is -0.101. The molecular formula is C25H21N3OS. The van der Waals surface area contributed by atoms with Crippen LogP contribution >= 0.6 is 11.8 Å². The lowest BCUT2D eigenvalue weighted by atomic mass is 9.99. The van der Waals surface area contributed by atoms with Crippen LogP contribution in [0.3, 0.4) is 0 Å². The van der Waals surface area contributed by atoms with Gasteiger partial charge in [0.1, 0.15) is 0 Å². The van der Waals surface area contributed by atoms with E-state index >= 15 is 0 Å². The SMILES string of the molecule is Cc1cc(Sc2ncccn2)ccc1NC(=O)c1ccccc1Cc1ccccc1. The Labute approximate surface area is 180 Å². The summed E-state index contributed by atoms with van der Waals surface area (Å²) in [5.41, 5.74) is 4.67. The van der Waals surface area contributed by atoms with Crippen molar-refractivity contribution in [2.75, 3.05) is 5.32 Å². The van der Waals surface area contributed by atoms with E-state index in [2.05, 4.69) is 27.4 Å². The van der Waals surface area contributed by atoms with Crippen LogP contribution in [0.5, 0.6) is 0 Å². The summed E-state index contributed by atoms with van der Waals surface area (Å²) in [5.74, 6) is -0.101. The molecule has 148 valence electrons. The van der Waals surface area contributed by atoms with Crippen LogP contribution in [0.1, 0.15) is 27.0 Å². The fraction of sp³-hybridized carbons (Fsp3) is 0.0800. The number of amides is 1. The van der Waals surface area contributed by atoms with Crippen LogP contribution in [-0.2, 0) is 6.42 Å². The maximum Gasteiger partial charge on any atom is 0.255 e. The zero-order chi connectivity index (χ0) is 20.8. The molecule has 5 heteroatoms. The molecule has 0 bridgehead atoms. The van der Waals surface area contributed by atoms with Crippen molar-refractivity contribution in [3.05, 3.63) is 114 Å². The Kier molecular flexibility index (Phi) is 6.20. The highest BCUT2D eigenvalue weighted by molar-refractivity contribution is 7.99. The predicted octanol–water partition coefficient (Wildman–Crippen LogP) is 5.78. The number of aryl methyl sites for hydroxylation is 1. The van der Waals surface area contributed by atoms with Gasteiger partial charge in [-0.05, 0) is 72.1 Å². The van der Waals surface area contributed by atoms with Crippen molar-refractivity contribution in [3.63, 3.8) is 0 Å². The number of nitrogens with one attached hydrogen (secondary N) is 1. The summed E-state index contributed by atoms with van der Waals surface area (Å²) in [6, 6.07) is 25.7. The molecule has 0 radical (unpaired) electrons. The highest BCUT2D eigenvalue weighted by Gasteiger charge is 2.13. The van der Waals surface area contributed by atoms with Gasteiger partial charge in [0, 0.05) is 28.5 Å². The molecule has 0 fully saturated rings. The Morgan fingerprint density at radius 2 is 1.63 bits per heavy atom. The van der Waals surface area contributed by atoms with Crippen LogP contribution in [0.2, 0.25) is 0 Å². The van der Waals surface area contributed by atoms with E-state index in [1.54, 1.807) is 18.5 Å². The van der Waals surface area contributed by atoms with Gasteiger partial charge in [-0.15, -0.1) is 0 Å². The summed E-state index contributed by atoms with van der Waals surface area (Å²) < 4.78 is 0. The summed E-state index contributed by atoms with van der Waals surface area (Å²) in [6.45, 7) is 1.99. The van der Waals surface area contributed by atoms with Crippen molar-refractivity contribution in [3.8, 4) is 0 Å². The van der Waals surface area contributed by atoms with Gasteiger partial charge < -0.3 is 5.32 Å². The maximum absolute atomic E-state index is 13.0. The van der Waals surface area contributed by atoms with Crippen LogP contribution in [0.25, 0.3) is 0 Å². The Bertz CT molecular complexity index is 1150. The number of anilines is 1. The normalized spacial score (nSPS) is 10.6. The number of hydrogen-bond donors (Lipinski definition) is 1. The Morgan fingerprint density at radius 3 is 2.40 bits per heavy atom. The molecule has 4 aromatic rings. The monoisotopic (exact) mass is 411 g/mol. The molecular weight excluding hydrogens is 390 g/mol. The lowest BCUT2D eigenvalue weighted by molar-refractivity contribution is 0.102. The number of nitrogens with zero attached hydrogens (tertiary/aromatic N) is 2.